The molecule has 0 bridgehead atoms. The summed E-state index contributed by atoms with van der Waals surface area (Å²) in [6, 6.07) is 11.5. The van der Waals surface area contributed by atoms with Crippen LogP contribution in [0.3, 0.4) is 0 Å². The van der Waals surface area contributed by atoms with E-state index in [1.807, 2.05) is 0 Å². The summed E-state index contributed by atoms with van der Waals surface area (Å²) >= 11 is 1.28. The van der Waals surface area contributed by atoms with Gasteiger partial charge in [0.25, 0.3) is 5.91 Å². The van der Waals surface area contributed by atoms with Gasteiger partial charge in [-0.25, -0.2) is 4.79 Å². The Morgan fingerprint density at radius 1 is 1.06 bits per heavy atom. The standard InChI is InChI=1S/C22H18N2O7S/c1-27-17-10-14(15(11-18(17)28-2)23-21(25)20-6-4-8-32-20)22(26)30-12-13-9-19(31-24-13)16-5-3-7-29-16/h3-11H,12H2,1-2H3,(H,23,25). The molecule has 4 aromatic rings. The SMILES string of the molecule is COc1cc(NC(=O)c2cccs2)c(C(=O)OCc2cc(-c3ccco3)on2)cc1OC. The molecule has 0 aliphatic heterocycles. The molecule has 1 N–H and O–H groups in total. The number of rotatable bonds is 8. The number of hydrogen-bond acceptors (Lipinski definition) is 9. The van der Waals surface area contributed by atoms with Crippen molar-refractivity contribution in [2.45, 2.75) is 6.61 Å². The normalized spacial score (nSPS) is 10.6. The maximum atomic E-state index is 12.9. The molecule has 0 aliphatic rings. The number of carbonyl (C=O) groups is 2. The van der Waals surface area contributed by atoms with Crippen LogP contribution in [0, 0.1) is 0 Å². The fourth-order valence-electron chi connectivity index (χ4n) is 2.87. The van der Waals surface area contributed by atoms with E-state index in [2.05, 4.69) is 10.5 Å². The molecule has 0 unspecified atom stereocenters. The Balaban J connectivity index is 1.55. The molecule has 1 aromatic carbocycles. The van der Waals surface area contributed by atoms with Crippen molar-refractivity contribution in [1.29, 1.82) is 0 Å². The van der Waals surface area contributed by atoms with E-state index in [4.69, 9.17) is 23.2 Å². The number of esters is 1. The minimum Gasteiger partial charge on any atom is -0.493 e. The topological polar surface area (TPSA) is 113 Å². The van der Waals surface area contributed by atoms with Crippen LogP contribution in [0.15, 0.2) is 63.0 Å². The lowest BCUT2D eigenvalue weighted by Gasteiger charge is -2.15. The number of ether oxygens (including phenoxy) is 3. The van der Waals surface area contributed by atoms with Crippen molar-refractivity contribution in [2.75, 3.05) is 19.5 Å². The zero-order valence-corrected chi connectivity index (χ0v) is 17.9. The smallest absolute Gasteiger partial charge is 0.340 e. The first-order valence-corrected chi connectivity index (χ1v) is 10.2. The minimum absolute atomic E-state index is 0.0994. The third-order valence-corrected chi connectivity index (χ3v) is 5.28. The maximum Gasteiger partial charge on any atom is 0.340 e. The Labute approximate surface area is 186 Å². The molecule has 9 nitrogen and oxygen atoms in total. The number of hydrogen-bond donors (Lipinski definition) is 1. The van der Waals surface area contributed by atoms with Crippen LogP contribution in [-0.2, 0) is 11.3 Å². The number of nitrogens with zero attached hydrogens (tertiary/aromatic N) is 1. The Bertz CT molecular complexity index is 1210. The molecule has 10 heteroatoms. The predicted octanol–water partition coefficient (Wildman–Crippen LogP) is 4.62. The number of methoxy groups -OCH3 is 2. The molecule has 32 heavy (non-hydrogen) atoms. The number of nitrogens with one attached hydrogen (secondary N) is 1. The average molecular weight is 454 g/mol. The van der Waals surface area contributed by atoms with Gasteiger partial charge in [-0.15, -0.1) is 11.3 Å². The first kappa shape index (κ1) is 21.2. The third kappa shape index (κ3) is 4.49. The van der Waals surface area contributed by atoms with Crippen LogP contribution in [0.1, 0.15) is 25.7 Å². The van der Waals surface area contributed by atoms with Gasteiger partial charge in [0.05, 0.1) is 36.6 Å². The number of aromatic nitrogens is 1. The van der Waals surface area contributed by atoms with E-state index in [1.54, 1.807) is 35.7 Å². The molecule has 3 aromatic heterocycles. The molecule has 0 spiro atoms. The van der Waals surface area contributed by atoms with E-state index in [-0.39, 0.29) is 23.8 Å². The quantitative estimate of drug-likeness (QED) is 0.384. The van der Waals surface area contributed by atoms with Crippen LogP contribution in [0.5, 0.6) is 11.5 Å². The van der Waals surface area contributed by atoms with Crippen molar-refractivity contribution in [3.8, 4) is 23.0 Å². The largest absolute Gasteiger partial charge is 0.493 e. The van der Waals surface area contributed by atoms with Gasteiger partial charge in [-0.05, 0) is 23.6 Å². The molecule has 3 heterocycles. The lowest BCUT2D eigenvalue weighted by Crippen LogP contribution is -2.15. The molecule has 0 saturated carbocycles. The highest BCUT2D eigenvalue weighted by Crippen LogP contribution is 2.34. The second-order valence-electron chi connectivity index (χ2n) is 6.42. The second-order valence-corrected chi connectivity index (χ2v) is 7.37. The van der Waals surface area contributed by atoms with Crippen LogP contribution >= 0.6 is 11.3 Å². The van der Waals surface area contributed by atoms with Gasteiger partial charge in [0.1, 0.15) is 12.3 Å². The number of thiophene rings is 1. The highest BCUT2D eigenvalue weighted by atomic mass is 32.1. The van der Waals surface area contributed by atoms with Crippen molar-refractivity contribution < 1.29 is 32.7 Å². The Hall–Kier alpha value is -4.05. The third-order valence-electron chi connectivity index (χ3n) is 4.41. The molecular weight excluding hydrogens is 436 g/mol. The summed E-state index contributed by atoms with van der Waals surface area (Å²) in [6.07, 6.45) is 1.51. The van der Waals surface area contributed by atoms with Gasteiger partial charge in [0, 0.05) is 18.2 Å². The number of amides is 1. The van der Waals surface area contributed by atoms with Gasteiger partial charge >= 0.3 is 5.97 Å². The van der Waals surface area contributed by atoms with Crippen LogP contribution in [0.2, 0.25) is 0 Å². The zero-order valence-electron chi connectivity index (χ0n) is 17.1. The van der Waals surface area contributed by atoms with Crippen molar-refractivity contribution in [2.24, 2.45) is 0 Å². The fraction of sp³-hybridized carbons (Fsp3) is 0.136. The van der Waals surface area contributed by atoms with Gasteiger partial charge in [0.2, 0.25) is 5.76 Å². The number of anilines is 1. The minimum atomic E-state index is -0.685. The molecule has 164 valence electrons. The Kier molecular flexibility index (Phi) is 6.22. The van der Waals surface area contributed by atoms with Gasteiger partial charge in [0.15, 0.2) is 17.3 Å². The number of furan rings is 1. The van der Waals surface area contributed by atoms with Crippen molar-refractivity contribution in [3.63, 3.8) is 0 Å². The van der Waals surface area contributed by atoms with Crippen molar-refractivity contribution in [3.05, 3.63) is 70.2 Å². The summed E-state index contributed by atoms with van der Waals surface area (Å²) in [6.45, 7) is -0.143. The molecule has 0 atom stereocenters. The van der Waals surface area contributed by atoms with E-state index in [1.165, 1.54) is 44.0 Å². The van der Waals surface area contributed by atoms with E-state index < -0.39 is 5.97 Å². The van der Waals surface area contributed by atoms with Crippen molar-refractivity contribution in [1.82, 2.24) is 5.16 Å². The first-order chi connectivity index (χ1) is 15.6. The summed E-state index contributed by atoms with van der Waals surface area (Å²) in [5.74, 6) is 0.542. The summed E-state index contributed by atoms with van der Waals surface area (Å²) in [5.41, 5.74) is 0.721. The van der Waals surface area contributed by atoms with E-state index in [0.717, 1.165) is 0 Å². The monoisotopic (exact) mass is 454 g/mol. The van der Waals surface area contributed by atoms with E-state index in [9.17, 15) is 9.59 Å². The van der Waals surface area contributed by atoms with Crippen molar-refractivity contribution >= 4 is 28.9 Å². The average Bonchev–Trinajstić information content (AvgIpc) is 3.58. The van der Waals surface area contributed by atoms with Gasteiger partial charge in [-0.2, -0.15) is 0 Å². The molecule has 0 radical (unpaired) electrons. The molecule has 0 aliphatic carbocycles. The molecular formula is C22H18N2O7S. The fourth-order valence-corrected chi connectivity index (χ4v) is 3.49. The molecule has 0 fully saturated rings. The first-order valence-electron chi connectivity index (χ1n) is 9.36. The summed E-state index contributed by atoms with van der Waals surface area (Å²) < 4.78 is 26.4. The Morgan fingerprint density at radius 3 is 2.56 bits per heavy atom. The van der Waals surface area contributed by atoms with Gasteiger partial charge < -0.3 is 28.5 Å². The highest BCUT2D eigenvalue weighted by Gasteiger charge is 2.21. The van der Waals surface area contributed by atoms with Gasteiger partial charge in [-0.1, -0.05) is 11.2 Å². The van der Waals surface area contributed by atoms with Gasteiger partial charge in [-0.3, -0.25) is 4.79 Å². The van der Waals surface area contributed by atoms with Crippen LogP contribution in [-0.4, -0.2) is 31.3 Å². The molecule has 4 rings (SSSR count). The molecule has 0 saturated heterocycles. The van der Waals surface area contributed by atoms with E-state index >= 15 is 0 Å². The summed E-state index contributed by atoms with van der Waals surface area (Å²) in [5, 5.41) is 8.39. The second kappa shape index (κ2) is 9.40. The molecule has 1 amide bonds. The lowest BCUT2D eigenvalue weighted by atomic mass is 10.1. The van der Waals surface area contributed by atoms with Crippen LogP contribution < -0.4 is 14.8 Å². The van der Waals surface area contributed by atoms with E-state index in [0.29, 0.717) is 33.6 Å². The maximum absolute atomic E-state index is 12.9. The lowest BCUT2D eigenvalue weighted by molar-refractivity contribution is 0.0465. The highest BCUT2D eigenvalue weighted by molar-refractivity contribution is 7.12. The summed E-state index contributed by atoms with van der Waals surface area (Å²) in [4.78, 5) is 25.9. The zero-order chi connectivity index (χ0) is 22.5. The Morgan fingerprint density at radius 2 is 1.88 bits per heavy atom. The predicted molar refractivity (Wildman–Crippen MR) is 115 cm³/mol. The number of carbonyl (C=O) groups excluding carboxylic acids is 2. The summed E-state index contributed by atoms with van der Waals surface area (Å²) in [7, 11) is 2.91. The number of benzene rings is 1. The van der Waals surface area contributed by atoms with Crippen LogP contribution in [0.25, 0.3) is 11.5 Å². The van der Waals surface area contributed by atoms with Crippen LogP contribution in [0.4, 0.5) is 5.69 Å².